The zero-order valence-electron chi connectivity index (χ0n) is 9.25. The van der Waals surface area contributed by atoms with Crippen LogP contribution in [-0.2, 0) is 7.05 Å². The predicted molar refractivity (Wildman–Crippen MR) is 59.1 cm³/mol. The molecule has 0 aliphatic carbocycles. The van der Waals surface area contributed by atoms with Crippen molar-refractivity contribution < 1.29 is 0 Å². The lowest BCUT2D eigenvalue weighted by Gasteiger charge is -2.13. The summed E-state index contributed by atoms with van der Waals surface area (Å²) in [5.41, 5.74) is 2.48. The number of allylic oxidation sites excluding steroid dienone is 1. The first-order chi connectivity index (χ1) is 6.63. The maximum atomic E-state index is 4.17. The highest BCUT2D eigenvalue weighted by Crippen LogP contribution is 2.18. The van der Waals surface area contributed by atoms with Crippen LogP contribution in [0.5, 0.6) is 0 Å². The second-order valence-electron chi connectivity index (χ2n) is 3.78. The maximum absolute atomic E-state index is 4.17. The normalized spacial score (nSPS) is 12.8. The summed E-state index contributed by atoms with van der Waals surface area (Å²) in [6.07, 6.45) is 6.11. The Balaban J connectivity index is 2.58. The van der Waals surface area contributed by atoms with Gasteiger partial charge in [-0.15, -0.1) is 6.58 Å². The Hall–Kier alpha value is -1.09. The molecule has 0 saturated heterocycles. The van der Waals surface area contributed by atoms with Gasteiger partial charge in [0.15, 0.2) is 0 Å². The molecule has 0 amide bonds. The molecular formula is C11H19N3. The van der Waals surface area contributed by atoms with Crippen molar-refractivity contribution in [2.45, 2.75) is 25.8 Å². The molecule has 1 N–H and O–H groups in total. The van der Waals surface area contributed by atoms with Crippen molar-refractivity contribution in [2.24, 2.45) is 7.05 Å². The summed E-state index contributed by atoms with van der Waals surface area (Å²) in [5.74, 6) is 0. The van der Waals surface area contributed by atoms with Gasteiger partial charge in [-0.05, 0) is 26.8 Å². The SMILES string of the molecule is C=C(C)CCC(NC)c1cnn(C)c1. The van der Waals surface area contributed by atoms with E-state index in [0.29, 0.717) is 6.04 Å². The standard InChI is InChI=1S/C11H19N3/c1-9(2)5-6-11(12-3)10-7-13-14(4)8-10/h7-8,11-12H,1,5-6H2,2-4H3. The smallest absolute Gasteiger partial charge is 0.0537 e. The zero-order chi connectivity index (χ0) is 10.6. The lowest BCUT2D eigenvalue weighted by Crippen LogP contribution is -2.15. The number of hydrogen-bond donors (Lipinski definition) is 1. The first kappa shape index (κ1) is 11.0. The van der Waals surface area contributed by atoms with Crippen LogP contribution in [0.3, 0.4) is 0 Å². The predicted octanol–water partition coefficient (Wildman–Crippen LogP) is 2.04. The molecule has 0 saturated carbocycles. The molecule has 0 aliphatic rings. The summed E-state index contributed by atoms with van der Waals surface area (Å²) in [6, 6.07) is 0.389. The Morgan fingerprint density at radius 1 is 1.71 bits per heavy atom. The molecule has 0 bridgehead atoms. The summed E-state index contributed by atoms with van der Waals surface area (Å²) >= 11 is 0. The average molecular weight is 193 g/mol. The topological polar surface area (TPSA) is 29.9 Å². The fourth-order valence-corrected chi connectivity index (χ4v) is 1.49. The van der Waals surface area contributed by atoms with Crippen LogP contribution in [0, 0.1) is 0 Å². The highest BCUT2D eigenvalue weighted by atomic mass is 15.2. The summed E-state index contributed by atoms with van der Waals surface area (Å²) in [6.45, 7) is 5.98. The second kappa shape index (κ2) is 4.96. The molecule has 1 atom stereocenters. The van der Waals surface area contributed by atoms with Crippen molar-refractivity contribution in [3.8, 4) is 0 Å². The molecule has 1 aromatic rings. The lowest BCUT2D eigenvalue weighted by atomic mass is 10.0. The molecule has 1 aromatic heterocycles. The van der Waals surface area contributed by atoms with Crippen LogP contribution in [0.2, 0.25) is 0 Å². The summed E-state index contributed by atoms with van der Waals surface area (Å²) < 4.78 is 1.83. The molecule has 1 unspecified atom stereocenters. The molecular weight excluding hydrogens is 174 g/mol. The fourth-order valence-electron chi connectivity index (χ4n) is 1.49. The van der Waals surface area contributed by atoms with Crippen molar-refractivity contribution in [3.05, 3.63) is 30.1 Å². The number of nitrogens with zero attached hydrogens (tertiary/aromatic N) is 2. The first-order valence-corrected chi connectivity index (χ1v) is 4.93. The quantitative estimate of drug-likeness (QED) is 0.725. The monoisotopic (exact) mass is 193 g/mol. The molecule has 3 nitrogen and oxygen atoms in total. The Morgan fingerprint density at radius 3 is 2.86 bits per heavy atom. The van der Waals surface area contributed by atoms with Crippen molar-refractivity contribution in [2.75, 3.05) is 7.05 Å². The third-order valence-electron chi connectivity index (χ3n) is 2.34. The minimum absolute atomic E-state index is 0.389. The van der Waals surface area contributed by atoms with E-state index in [4.69, 9.17) is 0 Å². The van der Waals surface area contributed by atoms with E-state index in [1.165, 1.54) is 11.1 Å². The van der Waals surface area contributed by atoms with E-state index in [1.807, 2.05) is 25.0 Å². The van der Waals surface area contributed by atoms with Gasteiger partial charge in [-0.1, -0.05) is 5.57 Å². The second-order valence-corrected chi connectivity index (χ2v) is 3.78. The van der Waals surface area contributed by atoms with Gasteiger partial charge in [-0.3, -0.25) is 4.68 Å². The van der Waals surface area contributed by atoms with Gasteiger partial charge >= 0.3 is 0 Å². The van der Waals surface area contributed by atoms with Gasteiger partial charge in [0.1, 0.15) is 0 Å². The maximum Gasteiger partial charge on any atom is 0.0537 e. The van der Waals surface area contributed by atoms with Crippen LogP contribution in [0.25, 0.3) is 0 Å². The molecule has 0 radical (unpaired) electrons. The van der Waals surface area contributed by atoms with E-state index >= 15 is 0 Å². The van der Waals surface area contributed by atoms with E-state index in [0.717, 1.165) is 12.8 Å². The van der Waals surface area contributed by atoms with Gasteiger partial charge in [0, 0.05) is 24.8 Å². The number of aryl methyl sites for hydroxylation is 1. The van der Waals surface area contributed by atoms with Gasteiger partial charge in [0.2, 0.25) is 0 Å². The van der Waals surface area contributed by atoms with E-state index in [9.17, 15) is 0 Å². The van der Waals surface area contributed by atoms with Crippen molar-refractivity contribution in [1.82, 2.24) is 15.1 Å². The van der Waals surface area contributed by atoms with Gasteiger partial charge in [0.05, 0.1) is 6.20 Å². The number of rotatable bonds is 5. The minimum atomic E-state index is 0.389. The van der Waals surface area contributed by atoms with Crippen LogP contribution >= 0.6 is 0 Å². The summed E-state index contributed by atoms with van der Waals surface area (Å²) in [4.78, 5) is 0. The molecule has 0 aromatic carbocycles. The Morgan fingerprint density at radius 2 is 2.43 bits per heavy atom. The van der Waals surface area contributed by atoms with Gasteiger partial charge in [0.25, 0.3) is 0 Å². The molecule has 78 valence electrons. The number of hydrogen-bond acceptors (Lipinski definition) is 2. The molecule has 1 rings (SSSR count). The Kier molecular flexibility index (Phi) is 3.89. The van der Waals surface area contributed by atoms with Crippen molar-refractivity contribution in [1.29, 1.82) is 0 Å². The Bertz CT molecular complexity index is 301. The fraction of sp³-hybridized carbons (Fsp3) is 0.545. The molecule has 0 aliphatic heterocycles. The summed E-state index contributed by atoms with van der Waals surface area (Å²) in [7, 11) is 3.92. The average Bonchev–Trinajstić information content (AvgIpc) is 2.53. The molecule has 1 heterocycles. The molecule has 0 spiro atoms. The van der Waals surface area contributed by atoms with Crippen LogP contribution in [-0.4, -0.2) is 16.8 Å². The summed E-state index contributed by atoms with van der Waals surface area (Å²) in [5, 5.41) is 7.46. The van der Waals surface area contributed by atoms with Crippen molar-refractivity contribution in [3.63, 3.8) is 0 Å². The van der Waals surface area contributed by atoms with Crippen LogP contribution in [0.15, 0.2) is 24.5 Å². The van der Waals surface area contributed by atoms with Crippen LogP contribution in [0.1, 0.15) is 31.4 Å². The van der Waals surface area contributed by atoms with Crippen LogP contribution < -0.4 is 5.32 Å². The Labute approximate surface area is 85.8 Å². The van der Waals surface area contributed by atoms with Gasteiger partial charge < -0.3 is 5.32 Å². The third kappa shape index (κ3) is 3.00. The van der Waals surface area contributed by atoms with Gasteiger partial charge in [-0.2, -0.15) is 5.10 Å². The van der Waals surface area contributed by atoms with Crippen LogP contribution in [0.4, 0.5) is 0 Å². The highest BCUT2D eigenvalue weighted by Gasteiger charge is 2.10. The zero-order valence-corrected chi connectivity index (χ0v) is 9.25. The van der Waals surface area contributed by atoms with Crippen molar-refractivity contribution >= 4 is 0 Å². The largest absolute Gasteiger partial charge is 0.313 e. The highest BCUT2D eigenvalue weighted by molar-refractivity contribution is 5.10. The number of aromatic nitrogens is 2. The first-order valence-electron chi connectivity index (χ1n) is 4.93. The molecule has 14 heavy (non-hydrogen) atoms. The third-order valence-corrected chi connectivity index (χ3v) is 2.34. The number of nitrogens with one attached hydrogen (secondary N) is 1. The molecule has 3 heteroatoms. The minimum Gasteiger partial charge on any atom is -0.313 e. The van der Waals surface area contributed by atoms with E-state index in [-0.39, 0.29) is 0 Å². The van der Waals surface area contributed by atoms with E-state index in [1.54, 1.807) is 0 Å². The van der Waals surface area contributed by atoms with E-state index < -0.39 is 0 Å². The van der Waals surface area contributed by atoms with E-state index in [2.05, 4.69) is 30.1 Å². The lowest BCUT2D eigenvalue weighted by molar-refractivity contribution is 0.548. The van der Waals surface area contributed by atoms with Gasteiger partial charge in [-0.25, -0.2) is 0 Å². The molecule has 0 fully saturated rings.